The largest absolute Gasteiger partial charge is 0.497 e. The molecule has 2 aromatic carbocycles. The first-order valence-electron chi connectivity index (χ1n) is 8.51. The van der Waals surface area contributed by atoms with E-state index in [1.807, 2.05) is 24.3 Å². The molecule has 2 aromatic rings. The number of hydrogen-bond acceptors (Lipinski definition) is 4. The summed E-state index contributed by atoms with van der Waals surface area (Å²) in [6.07, 6.45) is 0.611. The Morgan fingerprint density at radius 2 is 1.96 bits per heavy atom. The monoisotopic (exact) mass is 352 g/mol. The van der Waals surface area contributed by atoms with E-state index in [0.717, 1.165) is 11.3 Å². The Hall–Kier alpha value is -3.02. The first-order chi connectivity index (χ1) is 12.6. The van der Waals surface area contributed by atoms with E-state index < -0.39 is 5.41 Å². The fraction of sp³-hybridized carbons (Fsp3) is 0.300. The predicted octanol–water partition coefficient (Wildman–Crippen LogP) is 2.44. The number of benzene rings is 2. The van der Waals surface area contributed by atoms with Crippen molar-refractivity contribution in [3.63, 3.8) is 0 Å². The Labute approximate surface area is 151 Å². The number of para-hydroxylation sites is 1. The predicted molar refractivity (Wildman–Crippen MR) is 96.8 cm³/mol. The minimum Gasteiger partial charge on any atom is -0.497 e. The molecule has 4 rings (SSSR count). The van der Waals surface area contributed by atoms with Crippen molar-refractivity contribution in [2.75, 3.05) is 32.6 Å². The van der Waals surface area contributed by atoms with Crippen LogP contribution in [0.2, 0.25) is 0 Å². The quantitative estimate of drug-likeness (QED) is 0.921. The van der Waals surface area contributed by atoms with Crippen LogP contribution in [0.4, 0.5) is 5.69 Å². The molecule has 6 nitrogen and oxygen atoms in total. The second-order valence-corrected chi connectivity index (χ2v) is 6.62. The van der Waals surface area contributed by atoms with Gasteiger partial charge in [0.1, 0.15) is 11.5 Å². The van der Waals surface area contributed by atoms with Crippen LogP contribution in [0.3, 0.4) is 0 Å². The molecule has 0 aromatic heterocycles. The Kier molecular flexibility index (Phi) is 3.83. The van der Waals surface area contributed by atoms with Gasteiger partial charge in [0.15, 0.2) is 0 Å². The van der Waals surface area contributed by atoms with Crippen LogP contribution in [0.15, 0.2) is 42.5 Å². The maximum absolute atomic E-state index is 13.1. The molecule has 1 unspecified atom stereocenters. The molecular weight excluding hydrogens is 332 g/mol. The molecule has 2 heterocycles. The highest BCUT2D eigenvalue weighted by atomic mass is 16.5. The zero-order valence-electron chi connectivity index (χ0n) is 14.7. The molecule has 1 saturated heterocycles. The summed E-state index contributed by atoms with van der Waals surface area (Å²) in [5, 5.41) is 2.95. The van der Waals surface area contributed by atoms with Gasteiger partial charge in [-0.2, -0.15) is 0 Å². The van der Waals surface area contributed by atoms with Gasteiger partial charge in [-0.3, -0.25) is 9.59 Å². The van der Waals surface area contributed by atoms with Gasteiger partial charge in [-0.05, 0) is 30.2 Å². The topological polar surface area (TPSA) is 67.9 Å². The van der Waals surface area contributed by atoms with E-state index in [-0.39, 0.29) is 11.8 Å². The molecule has 0 bridgehead atoms. The number of likely N-dealkylation sites (tertiary alicyclic amines) is 1. The van der Waals surface area contributed by atoms with Gasteiger partial charge in [-0.1, -0.05) is 18.2 Å². The van der Waals surface area contributed by atoms with Crippen LogP contribution >= 0.6 is 0 Å². The highest BCUT2D eigenvalue weighted by Gasteiger charge is 2.52. The minimum atomic E-state index is -0.661. The number of amides is 2. The van der Waals surface area contributed by atoms with E-state index in [1.54, 1.807) is 30.2 Å². The number of carbonyl (C=O) groups excluding carboxylic acids is 2. The second kappa shape index (κ2) is 6.05. The van der Waals surface area contributed by atoms with Crippen LogP contribution in [0.25, 0.3) is 0 Å². The summed E-state index contributed by atoms with van der Waals surface area (Å²) in [6.45, 7) is 0.889. The van der Waals surface area contributed by atoms with Crippen molar-refractivity contribution in [3.8, 4) is 11.5 Å². The molecule has 2 aliphatic rings. The summed E-state index contributed by atoms with van der Waals surface area (Å²) in [4.78, 5) is 27.5. The molecule has 0 radical (unpaired) electrons. The molecule has 2 aliphatic heterocycles. The van der Waals surface area contributed by atoms with Gasteiger partial charge < -0.3 is 19.7 Å². The zero-order chi connectivity index (χ0) is 18.3. The smallest absolute Gasteiger partial charge is 0.257 e. The van der Waals surface area contributed by atoms with Crippen molar-refractivity contribution < 1.29 is 19.1 Å². The number of hydrogen-bond donors (Lipinski definition) is 1. The van der Waals surface area contributed by atoms with Crippen LogP contribution < -0.4 is 14.8 Å². The minimum absolute atomic E-state index is 0.0318. The fourth-order valence-corrected chi connectivity index (χ4v) is 3.91. The maximum Gasteiger partial charge on any atom is 0.257 e. The average Bonchev–Trinajstić information content (AvgIpc) is 3.24. The first kappa shape index (κ1) is 16.4. The summed E-state index contributed by atoms with van der Waals surface area (Å²) >= 11 is 0. The van der Waals surface area contributed by atoms with Crippen molar-refractivity contribution in [3.05, 3.63) is 53.6 Å². The lowest BCUT2D eigenvalue weighted by Gasteiger charge is -2.23. The van der Waals surface area contributed by atoms with E-state index in [9.17, 15) is 9.59 Å². The van der Waals surface area contributed by atoms with Crippen molar-refractivity contribution in [1.82, 2.24) is 4.90 Å². The molecule has 1 atom stereocenters. The molecule has 1 fully saturated rings. The molecule has 0 saturated carbocycles. The van der Waals surface area contributed by atoms with Crippen molar-refractivity contribution in [1.29, 1.82) is 0 Å². The SMILES string of the molecule is COc1ccc(C(=O)N2CCC3(C2)C(=O)Nc2ccccc23)c(OC)c1. The Morgan fingerprint density at radius 1 is 1.15 bits per heavy atom. The molecule has 1 N–H and O–H groups in total. The third-order valence-electron chi connectivity index (χ3n) is 5.32. The first-order valence-corrected chi connectivity index (χ1v) is 8.51. The highest BCUT2D eigenvalue weighted by molar-refractivity contribution is 6.07. The molecule has 26 heavy (non-hydrogen) atoms. The van der Waals surface area contributed by atoms with Crippen LogP contribution in [-0.4, -0.2) is 44.0 Å². The molecule has 1 spiro atoms. The second-order valence-electron chi connectivity index (χ2n) is 6.62. The van der Waals surface area contributed by atoms with Gasteiger partial charge in [0.05, 0.1) is 25.2 Å². The van der Waals surface area contributed by atoms with E-state index in [1.165, 1.54) is 7.11 Å². The van der Waals surface area contributed by atoms with Crippen LogP contribution in [0.5, 0.6) is 11.5 Å². The lowest BCUT2D eigenvalue weighted by atomic mass is 9.81. The summed E-state index contributed by atoms with van der Waals surface area (Å²) in [5.41, 5.74) is 1.62. The fourth-order valence-electron chi connectivity index (χ4n) is 3.91. The van der Waals surface area contributed by atoms with Crippen LogP contribution in [0, 0.1) is 0 Å². The van der Waals surface area contributed by atoms with E-state index in [2.05, 4.69) is 5.32 Å². The zero-order valence-corrected chi connectivity index (χ0v) is 14.7. The highest BCUT2D eigenvalue weighted by Crippen LogP contribution is 2.44. The summed E-state index contributed by atoms with van der Waals surface area (Å²) in [7, 11) is 3.09. The number of nitrogens with one attached hydrogen (secondary N) is 1. The van der Waals surface area contributed by atoms with Crippen molar-refractivity contribution >= 4 is 17.5 Å². The van der Waals surface area contributed by atoms with Gasteiger partial charge >= 0.3 is 0 Å². The van der Waals surface area contributed by atoms with E-state index >= 15 is 0 Å². The standard InChI is InChI=1S/C20H20N2O4/c1-25-13-7-8-14(17(11-13)26-2)18(23)22-10-9-20(12-22)15-5-3-4-6-16(15)21-19(20)24/h3-8,11H,9-10,12H2,1-2H3,(H,21,24). The molecule has 134 valence electrons. The van der Waals surface area contributed by atoms with Gasteiger partial charge in [0.2, 0.25) is 5.91 Å². The lowest BCUT2D eigenvalue weighted by Crippen LogP contribution is -2.39. The van der Waals surface area contributed by atoms with Gasteiger partial charge in [-0.15, -0.1) is 0 Å². The third kappa shape index (κ3) is 2.33. The number of carbonyl (C=O) groups is 2. The normalized spacial score (nSPS) is 20.8. The van der Waals surface area contributed by atoms with Crippen LogP contribution in [0.1, 0.15) is 22.3 Å². The third-order valence-corrected chi connectivity index (χ3v) is 5.32. The molecular formula is C20H20N2O4. The Balaban J connectivity index is 1.64. The molecule has 2 amide bonds. The number of fused-ring (bicyclic) bond motifs is 2. The van der Waals surface area contributed by atoms with E-state index in [0.29, 0.717) is 36.6 Å². The number of nitrogens with zero attached hydrogens (tertiary/aromatic N) is 1. The molecule has 6 heteroatoms. The maximum atomic E-state index is 13.1. The number of rotatable bonds is 3. The van der Waals surface area contributed by atoms with Gasteiger partial charge in [-0.25, -0.2) is 0 Å². The Morgan fingerprint density at radius 3 is 2.73 bits per heavy atom. The lowest BCUT2D eigenvalue weighted by molar-refractivity contribution is -0.120. The van der Waals surface area contributed by atoms with E-state index in [4.69, 9.17) is 9.47 Å². The average molecular weight is 352 g/mol. The van der Waals surface area contributed by atoms with Crippen LogP contribution in [-0.2, 0) is 10.2 Å². The van der Waals surface area contributed by atoms with Crippen molar-refractivity contribution in [2.45, 2.75) is 11.8 Å². The number of ether oxygens (including phenoxy) is 2. The number of methoxy groups -OCH3 is 2. The summed E-state index contributed by atoms with van der Waals surface area (Å²) in [6, 6.07) is 12.8. The van der Waals surface area contributed by atoms with Gasteiger partial charge in [0, 0.05) is 24.8 Å². The van der Waals surface area contributed by atoms with Crippen molar-refractivity contribution in [2.24, 2.45) is 0 Å². The van der Waals surface area contributed by atoms with Gasteiger partial charge in [0.25, 0.3) is 5.91 Å². The number of anilines is 1. The molecule has 0 aliphatic carbocycles. The summed E-state index contributed by atoms with van der Waals surface area (Å²) < 4.78 is 10.5. The summed E-state index contributed by atoms with van der Waals surface area (Å²) in [5.74, 6) is 0.918. The Bertz CT molecular complexity index is 895.